The summed E-state index contributed by atoms with van der Waals surface area (Å²) in [6, 6.07) is 9.27. The van der Waals surface area contributed by atoms with Crippen LogP contribution in [0.15, 0.2) is 42.9 Å². The van der Waals surface area contributed by atoms with Crippen molar-refractivity contribution >= 4 is 11.3 Å². The van der Waals surface area contributed by atoms with Crippen molar-refractivity contribution in [3.63, 3.8) is 0 Å². The molecular formula is C13H12N4O. The summed E-state index contributed by atoms with van der Waals surface area (Å²) < 4.78 is 7.47. The number of aromatic nitrogens is 3. The van der Waals surface area contributed by atoms with Gasteiger partial charge in [-0.1, -0.05) is 0 Å². The van der Waals surface area contributed by atoms with Gasteiger partial charge in [-0.3, -0.25) is 0 Å². The lowest BCUT2D eigenvalue weighted by molar-refractivity contribution is 0.475. The second-order valence-corrected chi connectivity index (χ2v) is 4.05. The van der Waals surface area contributed by atoms with Crippen LogP contribution in [0.5, 0.6) is 11.5 Å². The fraction of sp³-hybridized carbons (Fsp3) is 0.0769. The summed E-state index contributed by atoms with van der Waals surface area (Å²) >= 11 is 0. The van der Waals surface area contributed by atoms with Gasteiger partial charge in [-0.2, -0.15) is 5.10 Å². The third-order valence-electron chi connectivity index (χ3n) is 2.67. The molecule has 3 aromatic rings. The minimum atomic E-state index is 0.709. The molecule has 0 amide bonds. The molecule has 0 saturated carbocycles. The molecule has 0 aliphatic rings. The molecule has 2 aromatic heterocycles. The number of nitrogen functional groups attached to an aromatic ring is 1. The van der Waals surface area contributed by atoms with Crippen molar-refractivity contribution in [3.05, 3.63) is 48.4 Å². The van der Waals surface area contributed by atoms with Crippen molar-refractivity contribution in [2.75, 3.05) is 5.73 Å². The average molecular weight is 240 g/mol. The maximum atomic E-state index is 5.80. The van der Waals surface area contributed by atoms with Gasteiger partial charge in [-0.25, -0.2) is 9.50 Å². The maximum Gasteiger partial charge on any atom is 0.155 e. The number of nitrogens with zero attached hydrogens (tertiary/aromatic N) is 3. The zero-order valence-electron chi connectivity index (χ0n) is 9.87. The molecule has 5 nitrogen and oxygen atoms in total. The SMILES string of the molecule is Cc1cc(N)ccc1Oc1ccc2ncnn2c1. The number of ether oxygens (including phenoxy) is 1. The highest BCUT2D eigenvalue weighted by Gasteiger charge is 2.03. The van der Waals surface area contributed by atoms with Gasteiger partial charge in [0.2, 0.25) is 0 Å². The van der Waals surface area contributed by atoms with E-state index in [2.05, 4.69) is 10.1 Å². The van der Waals surface area contributed by atoms with Crippen LogP contribution in [-0.2, 0) is 0 Å². The molecule has 0 aliphatic carbocycles. The molecule has 0 unspecified atom stereocenters. The monoisotopic (exact) mass is 240 g/mol. The Morgan fingerprint density at radius 2 is 2.11 bits per heavy atom. The number of fused-ring (bicyclic) bond motifs is 1. The van der Waals surface area contributed by atoms with Gasteiger partial charge in [-0.15, -0.1) is 0 Å². The molecule has 1 aromatic carbocycles. The number of anilines is 1. The molecule has 0 aliphatic heterocycles. The molecule has 0 saturated heterocycles. The second-order valence-electron chi connectivity index (χ2n) is 4.05. The van der Waals surface area contributed by atoms with Gasteiger partial charge in [0.25, 0.3) is 0 Å². The van der Waals surface area contributed by atoms with Gasteiger partial charge in [0.15, 0.2) is 5.65 Å². The van der Waals surface area contributed by atoms with Gasteiger partial charge >= 0.3 is 0 Å². The number of hydrogen-bond acceptors (Lipinski definition) is 4. The first-order valence-corrected chi connectivity index (χ1v) is 5.56. The number of nitrogens with two attached hydrogens (primary N) is 1. The van der Waals surface area contributed by atoms with E-state index in [9.17, 15) is 0 Å². The van der Waals surface area contributed by atoms with E-state index in [0.717, 1.165) is 22.6 Å². The molecule has 3 rings (SSSR count). The van der Waals surface area contributed by atoms with E-state index in [1.807, 2.05) is 37.3 Å². The Hall–Kier alpha value is -2.56. The summed E-state index contributed by atoms with van der Waals surface area (Å²) in [6.45, 7) is 1.96. The largest absolute Gasteiger partial charge is 0.455 e. The predicted molar refractivity (Wildman–Crippen MR) is 68.7 cm³/mol. The normalized spacial score (nSPS) is 10.7. The van der Waals surface area contributed by atoms with Crippen LogP contribution in [0.25, 0.3) is 5.65 Å². The number of pyridine rings is 1. The lowest BCUT2D eigenvalue weighted by atomic mass is 10.2. The molecule has 0 radical (unpaired) electrons. The summed E-state index contributed by atoms with van der Waals surface area (Å²) in [5.74, 6) is 1.49. The summed E-state index contributed by atoms with van der Waals surface area (Å²) in [6.07, 6.45) is 3.30. The molecule has 0 spiro atoms. The smallest absolute Gasteiger partial charge is 0.155 e. The molecule has 90 valence electrons. The average Bonchev–Trinajstić information content (AvgIpc) is 2.80. The maximum absolute atomic E-state index is 5.80. The van der Waals surface area contributed by atoms with Crippen molar-refractivity contribution in [2.24, 2.45) is 0 Å². The molecule has 0 fully saturated rings. The highest BCUT2D eigenvalue weighted by atomic mass is 16.5. The van der Waals surface area contributed by atoms with E-state index in [0.29, 0.717) is 5.75 Å². The summed E-state index contributed by atoms with van der Waals surface area (Å²) in [7, 11) is 0. The predicted octanol–water partition coefficient (Wildman–Crippen LogP) is 2.41. The van der Waals surface area contributed by atoms with Gasteiger partial charge < -0.3 is 10.5 Å². The van der Waals surface area contributed by atoms with Crippen LogP contribution in [0.1, 0.15) is 5.56 Å². The highest BCUT2D eigenvalue weighted by Crippen LogP contribution is 2.26. The van der Waals surface area contributed by atoms with Crippen LogP contribution in [0.3, 0.4) is 0 Å². The quantitative estimate of drug-likeness (QED) is 0.698. The number of aryl methyl sites for hydroxylation is 1. The first-order chi connectivity index (χ1) is 8.72. The fourth-order valence-electron chi connectivity index (χ4n) is 1.77. The minimum Gasteiger partial charge on any atom is -0.455 e. The van der Waals surface area contributed by atoms with Crippen molar-refractivity contribution in [2.45, 2.75) is 6.92 Å². The number of hydrogen-bond donors (Lipinski definition) is 1. The Morgan fingerprint density at radius 1 is 1.22 bits per heavy atom. The zero-order chi connectivity index (χ0) is 12.5. The van der Waals surface area contributed by atoms with Crippen LogP contribution in [0.4, 0.5) is 5.69 Å². The van der Waals surface area contributed by atoms with Crippen LogP contribution < -0.4 is 10.5 Å². The molecule has 2 N–H and O–H groups in total. The lowest BCUT2D eigenvalue weighted by Gasteiger charge is -2.09. The van der Waals surface area contributed by atoms with Crippen molar-refractivity contribution in [3.8, 4) is 11.5 Å². The second kappa shape index (κ2) is 4.03. The van der Waals surface area contributed by atoms with Crippen LogP contribution in [-0.4, -0.2) is 14.6 Å². The molecule has 0 atom stereocenters. The van der Waals surface area contributed by atoms with Gasteiger partial charge in [0.05, 0.1) is 6.20 Å². The molecular weight excluding hydrogens is 228 g/mol. The fourth-order valence-corrected chi connectivity index (χ4v) is 1.77. The Balaban J connectivity index is 1.95. The van der Waals surface area contributed by atoms with E-state index in [1.54, 1.807) is 10.7 Å². The summed E-state index contributed by atoms with van der Waals surface area (Å²) in [5, 5.41) is 4.06. The van der Waals surface area contributed by atoms with E-state index in [-0.39, 0.29) is 0 Å². The Labute approximate surface area is 104 Å². The highest BCUT2D eigenvalue weighted by molar-refractivity contribution is 5.49. The van der Waals surface area contributed by atoms with Crippen LogP contribution >= 0.6 is 0 Å². The third kappa shape index (κ3) is 1.86. The molecule has 5 heteroatoms. The summed E-state index contributed by atoms with van der Waals surface area (Å²) in [5.41, 5.74) is 8.21. The van der Waals surface area contributed by atoms with Crippen LogP contribution in [0, 0.1) is 6.92 Å². The zero-order valence-corrected chi connectivity index (χ0v) is 9.87. The van der Waals surface area contributed by atoms with E-state index in [1.165, 1.54) is 6.33 Å². The van der Waals surface area contributed by atoms with Gasteiger partial charge in [0.1, 0.15) is 17.8 Å². The Bertz CT molecular complexity index is 705. The van der Waals surface area contributed by atoms with Crippen molar-refractivity contribution in [1.82, 2.24) is 14.6 Å². The van der Waals surface area contributed by atoms with E-state index < -0.39 is 0 Å². The topological polar surface area (TPSA) is 65.4 Å². The Morgan fingerprint density at radius 3 is 2.94 bits per heavy atom. The standard InChI is InChI=1S/C13H12N4O/c1-9-6-10(14)2-4-12(9)18-11-3-5-13-15-8-16-17(13)7-11/h2-8H,14H2,1H3. The van der Waals surface area contributed by atoms with Gasteiger partial charge in [0, 0.05) is 5.69 Å². The minimum absolute atomic E-state index is 0.709. The first kappa shape index (κ1) is 10.6. The molecule has 2 heterocycles. The van der Waals surface area contributed by atoms with Gasteiger partial charge in [-0.05, 0) is 42.8 Å². The Kier molecular flexibility index (Phi) is 2.37. The summed E-state index contributed by atoms with van der Waals surface area (Å²) in [4.78, 5) is 4.08. The van der Waals surface area contributed by atoms with Crippen molar-refractivity contribution in [1.29, 1.82) is 0 Å². The molecule has 18 heavy (non-hydrogen) atoms. The van der Waals surface area contributed by atoms with E-state index in [4.69, 9.17) is 10.5 Å². The third-order valence-corrected chi connectivity index (χ3v) is 2.67. The van der Waals surface area contributed by atoms with E-state index >= 15 is 0 Å². The molecule has 0 bridgehead atoms. The number of benzene rings is 1. The number of rotatable bonds is 2. The van der Waals surface area contributed by atoms with Crippen molar-refractivity contribution < 1.29 is 4.74 Å². The lowest BCUT2D eigenvalue weighted by Crippen LogP contribution is -1.93. The van der Waals surface area contributed by atoms with Crippen LogP contribution in [0.2, 0.25) is 0 Å². The first-order valence-electron chi connectivity index (χ1n) is 5.56.